The van der Waals surface area contributed by atoms with Crippen molar-refractivity contribution in [3.05, 3.63) is 58.1 Å². The van der Waals surface area contributed by atoms with Gasteiger partial charge in [0, 0.05) is 0 Å². The molecule has 0 aliphatic rings. The molecule has 0 bridgehead atoms. The van der Waals surface area contributed by atoms with Gasteiger partial charge in [-0.05, 0) is 55.3 Å². The summed E-state index contributed by atoms with van der Waals surface area (Å²) in [6.07, 6.45) is 0.402. The fraction of sp³-hybridized carbons (Fsp3) is 0.200. The highest BCUT2D eigenvalue weighted by Crippen LogP contribution is 2.33. The first-order chi connectivity index (χ1) is 9.51. The number of benzene rings is 2. The van der Waals surface area contributed by atoms with E-state index in [-0.39, 0.29) is 5.75 Å². The van der Waals surface area contributed by atoms with E-state index in [4.69, 9.17) is 22.1 Å². The topological polar surface area (TPSA) is 35.2 Å². The fourth-order valence-corrected chi connectivity index (χ4v) is 2.09. The summed E-state index contributed by atoms with van der Waals surface area (Å²) < 4.78 is 33.0. The normalized spacial score (nSPS) is 10.7. The highest BCUT2D eigenvalue weighted by Gasteiger charge is 2.15. The summed E-state index contributed by atoms with van der Waals surface area (Å²) >= 11 is 5.98. The minimum atomic E-state index is -0.773. The van der Waals surface area contributed by atoms with Crippen molar-refractivity contribution in [1.29, 1.82) is 0 Å². The molecule has 20 heavy (non-hydrogen) atoms. The minimum Gasteiger partial charge on any atom is -0.450 e. The third kappa shape index (κ3) is 3.26. The molecular weight excluding hydrogens is 284 g/mol. The summed E-state index contributed by atoms with van der Waals surface area (Å²) in [7, 11) is 0. The third-order valence-corrected chi connectivity index (χ3v) is 3.09. The zero-order valence-corrected chi connectivity index (χ0v) is 11.7. The van der Waals surface area contributed by atoms with E-state index in [0.29, 0.717) is 23.6 Å². The molecule has 2 rings (SSSR count). The summed E-state index contributed by atoms with van der Waals surface area (Å²) in [5, 5.41) is 0.301. The van der Waals surface area contributed by atoms with Crippen molar-refractivity contribution in [2.24, 2.45) is 5.73 Å². The number of rotatable bonds is 4. The van der Waals surface area contributed by atoms with Crippen molar-refractivity contribution in [2.45, 2.75) is 13.3 Å². The molecule has 2 aromatic rings. The second kappa shape index (κ2) is 6.20. The highest BCUT2D eigenvalue weighted by atomic mass is 35.5. The van der Waals surface area contributed by atoms with E-state index in [1.165, 1.54) is 12.1 Å². The maximum atomic E-state index is 13.9. The van der Waals surface area contributed by atoms with E-state index in [1.807, 2.05) is 6.92 Å². The van der Waals surface area contributed by atoms with Crippen molar-refractivity contribution in [1.82, 2.24) is 0 Å². The average Bonchev–Trinajstić information content (AvgIpc) is 2.36. The lowest BCUT2D eigenvalue weighted by Gasteiger charge is -2.11. The Morgan fingerprint density at radius 1 is 1.15 bits per heavy atom. The maximum absolute atomic E-state index is 13.9. The Bertz CT molecular complexity index is 608. The number of hydrogen-bond acceptors (Lipinski definition) is 2. The van der Waals surface area contributed by atoms with E-state index in [1.54, 1.807) is 18.2 Å². The standard InChI is InChI=1S/C15H14ClF2NO/c1-9-2-3-14(11(16)6-9)20-15-12(17)7-10(4-5-19)8-13(15)18/h2-3,6-8H,4-5,19H2,1H3. The van der Waals surface area contributed by atoms with Crippen LogP contribution in [0.15, 0.2) is 30.3 Å². The van der Waals surface area contributed by atoms with Gasteiger partial charge in [-0.3, -0.25) is 0 Å². The molecule has 0 aromatic heterocycles. The van der Waals surface area contributed by atoms with Crippen LogP contribution in [0.5, 0.6) is 11.5 Å². The molecule has 0 atom stereocenters. The molecule has 0 spiro atoms. The number of nitrogens with two attached hydrogens (primary N) is 1. The number of ether oxygens (including phenoxy) is 1. The summed E-state index contributed by atoms with van der Waals surface area (Å²) in [4.78, 5) is 0. The molecular formula is C15H14ClF2NO. The van der Waals surface area contributed by atoms with Crippen LogP contribution in [0.2, 0.25) is 5.02 Å². The molecule has 106 valence electrons. The van der Waals surface area contributed by atoms with Gasteiger partial charge < -0.3 is 10.5 Å². The Kier molecular flexibility index (Phi) is 4.57. The van der Waals surface area contributed by atoms with Crippen molar-refractivity contribution in [2.75, 3.05) is 6.54 Å². The summed E-state index contributed by atoms with van der Waals surface area (Å²) in [6, 6.07) is 7.42. The van der Waals surface area contributed by atoms with Crippen LogP contribution in [-0.2, 0) is 6.42 Å². The lowest BCUT2D eigenvalue weighted by atomic mass is 10.1. The van der Waals surface area contributed by atoms with E-state index in [9.17, 15) is 8.78 Å². The van der Waals surface area contributed by atoms with Gasteiger partial charge in [-0.25, -0.2) is 8.78 Å². The Morgan fingerprint density at radius 3 is 2.35 bits per heavy atom. The SMILES string of the molecule is Cc1ccc(Oc2c(F)cc(CCN)cc2F)c(Cl)c1. The summed E-state index contributed by atoms with van der Waals surface area (Å²) in [6.45, 7) is 2.18. The molecule has 0 amide bonds. The van der Waals surface area contributed by atoms with E-state index in [0.717, 1.165) is 5.56 Å². The van der Waals surface area contributed by atoms with Crippen molar-refractivity contribution in [3.63, 3.8) is 0 Å². The van der Waals surface area contributed by atoms with Crippen LogP contribution < -0.4 is 10.5 Å². The first-order valence-corrected chi connectivity index (χ1v) is 6.51. The van der Waals surface area contributed by atoms with E-state index < -0.39 is 17.4 Å². The maximum Gasteiger partial charge on any atom is 0.198 e. The lowest BCUT2D eigenvalue weighted by Crippen LogP contribution is -2.04. The zero-order chi connectivity index (χ0) is 14.7. The Balaban J connectivity index is 2.33. The Labute approximate surface area is 121 Å². The fourth-order valence-electron chi connectivity index (χ4n) is 1.82. The van der Waals surface area contributed by atoms with Gasteiger partial charge in [0.1, 0.15) is 5.75 Å². The second-order valence-electron chi connectivity index (χ2n) is 4.46. The molecule has 0 radical (unpaired) electrons. The molecule has 0 saturated heterocycles. The molecule has 0 saturated carbocycles. The molecule has 0 fully saturated rings. The average molecular weight is 298 g/mol. The molecule has 2 nitrogen and oxygen atoms in total. The van der Waals surface area contributed by atoms with Gasteiger partial charge >= 0.3 is 0 Å². The quantitative estimate of drug-likeness (QED) is 0.917. The lowest BCUT2D eigenvalue weighted by molar-refractivity contribution is 0.406. The molecule has 0 unspecified atom stereocenters. The van der Waals surface area contributed by atoms with Gasteiger partial charge in [0.15, 0.2) is 17.4 Å². The van der Waals surface area contributed by atoms with Gasteiger partial charge in [0.2, 0.25) is 0 Å². The minimum absolute atomic E-state index is 0.210. The number of halogens is 3. The number of aryl methyl sites for hydroxylation is 1. The molecule has 2 aromatic carbocycles. The van der Waals surface area contributed by atoms with Gasteiger partial charge in [0.25, 0.3) is 0 Å². The summed E-state index contributed by atoms with van der Waals surface area (Å²) in [5.41, 5.74) is 6.79. The third-order valence-electron chi connectivity index (χ3n) is 2.79. The molecule has 0 aliphatic carbocycles. The first-order valence-electron chi connectivity index (χ1n) is 6.13. The van der Waals surface area contributed by atoms with Crippen molar-refractivity contribution >= 4 is 11.6 Å². The van der Waals surface area contributed by atoms with Crippen LogP contribution in [0.1, 0.15) is 11.1 Å². The Hall–Kier alpha value is -1.65. The predicted octanol–water partition coefficient (Wildman–Crippen LogP) is 4.22. The van der Waals surface area contributed by atoms with Gasteiger partial charge in [-0.15, -0.1) is 0 Å². The predicted molar refractivity (Wildman–Crippen MR) is 75.4 cm³/mol. The Morgan fingerprint density at radius 2 is 1.80 bits per heavy atom. The largest absolute Gasteiger partial charge is 0.450 e. The summed E-state index contributed by atoms with van der Waals surface area (Å²) in [5.74, 6) is -1.80. The van der Waals surface area contributed by atoms with E-state index >= 15 is 0 Å². The molecule has 0 heterocycles. The van der Waals surface area contributed by atoms with Crippen LogP contribution >= 0.6 is 11.6 Å². The number of hydrogen-bond donors (Lipinski definition) is 1. The zero-order valence-electron chi connectivity index (χ0n) is 10.9. The van der Waals surface area contributed by atoms with Gasteiger partial charge in [-0.2, -0.15) is 0 Å². The van der Waals surface area contributed by atoms with Crippen LogP contribution in [-0.4, -0.2) is 6.54 Å². The van der Waals surface area contributed by atoms with Gasteiger partial charge in [0.05, 0.1) is 5.02 Å². The molecule has 2 N–H and O–H groups in total. The monoisotopic (exact) mass is 297 g/mol. The van der Waals surface area contributed by atoms with Gasteiger partial charge in [-0.1, -0.05) is 17.7 Å². The van der Waals surface area contributed by atoms with Crippen LogP contribution in [0.4, 0.5) is 8.78 Å². The first kappa shape index (κ1) is 14.8. The smallest absolute Gasteiger partial charge is 0.198 e. The van der Waals surface area contributed by atoms with Crippen LogP contribution in [0.3, 0.4) is 0 Å². The molecule has 0 aliphatic heterocycles. The molecule has 5 heteroatoms. The van der Waals surface area contributed by atoms with Crippen molar-refractivity contribution in [3.8, 4) is 11.5 Å². The second-order valence-corrected chi connectivity index (χ2v) is 4.87. The van der Waals surface area contributed by atoms with Crippen LogP contribution in [0.25, 0.3) is 0 Å². The highest BCUT2D eigenvalue weighted by molar-refractivity contribution is 6.32. The van der Waals surface area contributed by atoms with Crippen LogP contribution in [0, 0.1) is 18.6 Å². The van der Waals surface area contributed by atoms with Crippen molar-refractivity contribution < 1.29 is 13.5 Å². The van der Waals surface area contributed by atoms with E-state index in [2.05, 4.69) is 0 Å².